The summed E-state index contributed by atoms with van der Waals surface area (Å²) < 4.78 is 2.72. The van der Waals surface area contributed by atoms with Crippen LogP contribution >= 0.6 is 0 Å². The van der Waals surface area contributed by atoms with Crippen molar-refractivity contribution >= 4 is 113 Å². The van der Waals surface area contributed by atoms with Crippen LogP contribution in [0.4, 0.5) is 28.4 Å². The van der Waals surface area contributed by atoms with Crippen molar-refractivity contribution in [1.82, 2.24) is 4.57 Å². The summed E-state index contributed by atoms with van der Waals surface area (Å²) in [5, 5.41) is 7.56. The van der Waals surface area contributed by atoms with Gasteiger partial charge in [0.05, 0.1) is 41.0 Å². The summed E-state index contributed by atoms with van der Waals surface area (Å²) in [5.74, 6) is 0. The summed E-state index contributed by atoms with van der Waals surface area (Å²) in [7, 11) is -5.04. The Bertz CT molecular complexity index is 2900. The number of hydrogen-bond acceptors (Lipinski definition) is 2. The van der Waals surface area contributed by atoms with Crippen LogP contribution in [-0.4, -0.2) is 41.0 Å². The summed E-state index contributed by atoms with van der Waals surface area (Å²) in [4.78, 5) is 5.43. The number of hydrogen-bond donors (Lipinski definition) is 0. The van der Waals surface area contributed by atoms with Crippen molar-refractivity contribution in [2.45, 2.75) is 109 Å². The first-order chi connectivity index (χ1) is 28.4. The van der Waals surface area contributed by atoms with Crippen LogP contribution in [-0.2, 0) is 5.41 Å². The molecular weight excluding hydrogens is 774 g/mol. The number of fused-ring (bicyclic) bond motifs is 10. The number of anilines is 5. The Morgan fingerprint density at radius 1 is 0.550 bits per heavy atom. The highest BCUT2D eigenvalue weighted by Crippen LogP contribution is 2.61. The number of benzene rings is 6. The molecule has 60 heavy (non-hydrogen) atoms. The molecule has 0 saturated heterocycles. The molecule has 2 atom stereocenters. The van der Waals surface area contributed by atoms with Crippen LogP contribution in [0.3, 0.4) is 0 Å². The molecule has 11 rings (SSSR count). The van der Waals surface area contributed by atoms with E-state index in [-0.39, 0.29) is 17.7 Å². The molecule has 3 nitrogen and oxygen atoms in total. The van der Waals surface area contributed by atoms with Gasteiger partial charge in [0.1, 0.15) is 0 Å². The van der Waals surface area contributed by atoms with Crippen molar-refractivity contribution in [1.29, 1.82) is 0 Å². The minimum absolute atomic E-state index is 0.0463. The molecule has 1 aliphatic carbocycles. The van der Waals surface area contributed by atoms with Gasteiger partial charge in [-0.05, 0) is 84.2 Å². The van der Waals surface area contributed by atoms with Crippen molar-refractivity contribution in [2.24, 2.45) is 0 Å². The molecule has 0 bridgehead atoms. The Hall–Kier alpha value is -4.56. The monoisotopic (exact) mass is 833 g/mol. The normalized spacial score (nSPS) is 20.4. The highest BCUT2D eigenvalue weighted by molar-refractivity contribution is 7.01. The average molecular weight is 834 g/mol. The number of aromatic nitrogens is 1. The molecule has 3 aliphatic heterocycles. The van der Waals surface area contributed by atoms with Crippen LogP contribution in [0.15, 0.2) is 115 Å². The van der Waals surface area contributed by atoms with Gasteiger partial charge in [0.15, 0.2) is 0 Å². The van der Waals surface area contributed by atoms with Gasteiger partial charge in [0, 0.05) is 50.1 Å². The van der Waals surface area contributed by atoms with E-state index in [0.717, 1.165) is 0 Å². The number of rotatable bonds is 6. The number of para-hydroxylation sites is 2. The molecule has 2 unspecified atom stereocenters. The second-order valence-corrected chi connectivity index (χ2v) is 37.5. The van der Waals surface area contributed by atoms with E-state index in [4.69, 9.17) is 0 Å². The first-order valence-corrected chi connectivity index (χ1v) is 33.1. The molecule has 4 aliphatic rings. The molecule has 7 heteroatoms. The Morgan fingerprint density at radius 2 is 1.12 bits per heavy atom. The van der Waals surface area contributed by atoms with Crippen LogP contribution < -0.4 is 41.7 Å². The highest BCUT2D eigenvalue weighted by atomic mass is 28.3. The van der Waals surface area contributed by atoms with Crippen molar-refractivity contribution in [2.75, 3.05) is 9.80 Å². The van der Waals surface area contributed by atoms with Crippen LogP contribution in [0.5, 0.6) is 0 Å². The molecule has 0 radical (unpaired) electrons. The zero-order chi connectivity index (χ0) is 41.9. The molecule has 1 saturated carbocycles. The van der Waals surface area contributed by atoms with Gasteiger partial charge in [0.25, 0.3) is 6.71 Å². The van der Waals surface area contributed by atoms with E-state index >= 15 is 0 Å². The topological polar surface area (TPSA) is 11.4 Å². The van der Waals surface area contributed by atoms with E-state index in [1.807, 2.05) is 0 Å². The maximum Gasteiger partial charge on any atom is 0.252 e. The van der Waals surface area contributed by atoms with Gasteiger partial charge in [-0.15, -0.1) is 0 Å². The zero-order valence-corrected chi connectivity index (χ0v) is 40.7. The summed E-state index contributed by atoms with van der Waals surface area (Å²) in [6.45, 7) is 28.2. The molecule has 0 spiro atoms. The molecular formula is C53H60BN3Si3. The Labute approximate surface area is 361 Å². The van der Waals surface area contributed by atoms with Gasteiger partial charge in [0.2, 0.25) is 0 Å². The predicted molar refractivity (Wildman–Crippen MR) is 272 cm³/mol. The van der Waals surface area contributed by atoms with Gasteiger partial charge < -0.3 is 14.4 Å². The molecule has 0 amide bonds. The van der Waals surface area contributed by atoms with Crippen molar-refractivity contribution in [3.05, 3.63) is 121 Å². The van der Waals surface area contributed by atoms with Crippen LogP contribution in [0.1, 0.15) is 45.1 Å². The first-order valence-electron chi connectivity index (χ1n) is 22.6. The molecule has 1 aromatic heterocycles. The zero-order valence-electron chi connectivity index (χ0n) is 37.7. The van der Waals surface area contributed by atoms with E-state index in [2.05, 4.69) is 202 Å². The second-order valence-electron chi connectivity index (χ2n) is 22.2. The van der Waals surface area contributed by atoms with Gasteiger partial charge in [-0.3, -0.25) is 0 Å². The second kappa shape index (κ2) is 12.5. The van der Waals surface area contributed by atoms with Gasteiger partial charge in [-0.2, -0.15) is 0 Å². The lowest BCUT2D eigenvalue weighted by molar-refractivity contribution is 0.195. The lowest BCUT2D eigenvalue weighted by atomic mass is 9.33. The van der Waals surface area contributed by atoms with Crippen LogP contribution in [0.2, 0.25) is 58.9 Å². The smallest absolute Gasteiger partial charge is 0.252 e. The SMILES string of the molecule is CC12CCCCC1(C)N1c3cc(N(c4ccccc4)c4ccccc4)cc4c3B(c3cc([Si](C)(C)C)cc2c31)c1cc([Si](C)(C)C)cc2c3cc([Si](C)(C)C)ccc3n-4c12. The third-order valence-electron chi connectivity index (χ3n) is 15.5. The standard InChI is InChI=1S/C53H60BN3Si3/c1-52-26-18-19-27-53(52,2)57-48-29-37(55(35-20-14-12-15-21-35)36-22-16-13-17-23-36)28-47-49(48)54(45-34-40(60(9,10)11)32-43(52)51(45)57)44-33-39(59(6,7)8)31-42-41-30-38(58(3,4)5)24-25-46(41)56(47)50(42)44/h12-17,20-25,28-34H,18-19,26-27H2,1-11H3. The van der Waals surface area contributed by atoms with E-state index in [1.54, 1.807) is 21.4 Å². The predicted octanol–water partition coefficient (Wildman–Crippen LogP) is 10.8. The average Bonchev–Trinajstić information content (AvgIpc) is 3.64. The third-order valence-corrected chi connectivity index (χ3v) is 21.6. The molecule has 4 heterocycles. The molecule has 0 N–H and O–H groups in total. The van der Waals surface area contributed by atoms with E-state index < -0.39 is 24.2 Å². The fraction of sp³-hybridized carbons (Fsp3) is 0.321. The summed E-state index contributed by atoms with van der Waals surface area (Å²) in [6.07, 6.45) is 4.98. The lowest BCUT2D eigenvalue weighted by Crippen LogP contribution is -2.65. The summed E-state index contributed by atoms with van der Waals surface area (Å²) >= 11 is 0. The van der Waals surface area contributed by atoms with Gasteiger partial charge >= 0.3 is 0 Å². The maximum atomic E-state index is 2.93. The largest absolute Gasteiger partial charge is 0.335 e. The van der Waals surface area contributed by atoms with Gasteiger partial charge in [-0.25, -0.2) is 0 Å². The Kier molecular flexibility index (Phi) is 8.00. The Morgan fingerprint density at radius 3 is 1.75 bits per heavy atom. The molecule has 6 aromatic carbocycles. The summed E-state index contributed by atoms with van der Waals surface area (Å²) in [5.41, 5.74) is 16.8. The van der Waals surface area contributed by atoms with Crippen molar-refractivity contribution in [3.8, 4) is 5.69 Å². The maximum absolute atomic E-state index is 2.93. The fourth-order valence-corrected chi connectivity index (χ4v) is 15.4. The van der Waals surface area contributed by atoms with Gasteiger partial charge in [-0.1, -0.05) is 167 Å². The lowest BCUT2D eigenvalue weighted by Gasteiger charge is -2.52. The minimum Gasteiger partial charge on any atom is -0.335 e. The number of nitrogens with zero attached hydrogens (tertiary/aromatic N) is 3. The van der Waals surface area contributed by atoms with Crippen LogP contribution in [0.25, 0.3) is 27.5 Å². The fourth-order valence-electron chi connectivity index (χ4n) is 11.9. The quantitative estimate of drug-likeness (QED) is 0.155. The molecule has 302 valence electrons. The molecule has 1 fully saturated rings. The van der Waals surface area contributed by atoms with Crippen molar-refractivity contribution < 1.29 is 0 Å². The minimum atomic E-state index is -1.74. The molecule has 7 aromatic rings. The van der Waals surface area contributed by atoms with E-state index in [0.29, 0.717) is 0 Å². The van der Waals surface area contributed by atoms with Crippen LogP contribution in [0, 0.1) is 0 Å². The third kappa shape index (κ3) is 5.18. The Balaban J connectivity index is 1.35. The highest BCUT2D eigenvalue weighted by Gasteiger charge is 2.61. The van der Waals surface area contributed by atoms with E-state index in [1.165, 1.54) is 97.7 Å². The first kappa shape index (κ1) is 38.4. The van der Waals surface area contributed by atoms with Crippen molar-refractivity contribution in [3.63, 3.8) is 0 Å². The van der Waals surface area contributed by atoms with E-state index in [9.17, 15) is 0 Å². The summed E-state index contributed by atoms with van der Waals surface area (Å²) in [6, 6.07) is 45.6.